The van der Waals surface area contributed by atoms with Gasteiger partial charge < -0.3 is 10.6 Å². The highest BCUT2D eigenvalue weighted by Gasteiger charge is 2.40. The summed E-state index contributed by atoms with van der Waals surface area (Å²) in [5.41, 5.74) is 7.49. The lowest BCUT2D eigenvalue weighted by Crippen LogP contribution is -2.51. The average molecular weight is 512 g/mol. The molecule has 4 N–H and O–H groups in total. The van der Waals surface area contributed by atoms with Crippen molar-refractivity contribution >= 4 is 49.1 Å². The number of aryl methyl sites for hydroxylation is 1. The third-order valence-electron chi connectivity index (χ3n) is 5.62. The maximum Gasteiger partial charge on any atom is 0.433 e. The number of aromatic nitrogens is 1. The maximum absolute atomic E-state index is 13.2. The van der Waals surface area contributed by atoms with Crippen LogP contribution in [0.15, 0.2) is 34.8 Å². The van der Waals surface area contributed by atoms with Gasteiger partial charge in [-0.15, -0.1) is 11.3 Å². The van der Waals surface area contributed by atoms with E-state index >= 15 is 0 Å². The van der Waals surface area contributed by atoms with Crippen LogP contribution >= 0.6 is 27.3 Å². The minimum Gasteiger partial charge on any atom is -0.363 e. The molecular weight excluding hydrogens is 495 g/mol. The molecule has 4 heterocycles. The first kappa shape index (κ1) is 20.7. The van der Waals surface area contributed by atoms with Crippen molar-refractivity contribution in [1.82, 2.24) is 21.2 Å². The normalized spacial score (nSPS) is 23.5. The second-order valence-electron chi connectivity index (χ2n) is 7.62. The third-order valence-corrected chi connectivity index (χ3v) is 7.23. The van der Waals surface area contributed by atoms with Crippen LogP contribution in [0.2, 0.25) is 0 Å². The smallest absolute Gasteiger partial charge is 0.363 e. The van der Waals surface area contributed by atoms with Crippen LogP contribution in [0.1, 0.15) is 32.5 Å². The predicted molar refractivity (Wildman–Crippen MR) is 116 cm³/mol. The molecule has 0 saturated carbocycles. The fourth-order valence-corrected chi connectivity index (χ4v) is 5.54. The van der Waals surface area contributed by atoms with Crippen molar-refractivity contribution in [3.63, 3.8) is 0 Å². The number of halogens is 4. The number of nitrogens with zero attached hydrogens (tertiary/aromatic N) is 1. The monoisotopic (exact) mass is 511 g/mol. The maximum atomic E-state index is 13.2. The fourth-order valence-electron chi connectivity index (χ4n) is 4.16. The molecule has 0 radical (unpaired) electrons. The zero-order valence-corrected chi connectivity index (χ0v) is 18.5. The van der Waals surface area contributed by atoms with E-state index in [-0.39, 0.29) is 22.7 Å². The molecule has 1 fully saturated rings. The van der Waals surface area contributed by atoms with Gasteiger partial charge in [-0.05, 0) is 36.2 Å². The Labute approximate surface area is 187 Å². The van der Waals surface area contributed by atoms with Crippen LogP contribution in [0.4, 0.5) is 18.9 Å². The lowest BCUT2D eigenvalue weighted by atomic mass is 9.91. The van der Waals surface area contributed by atoms with Crippen molar-refractivity contribution in [2.24, 2.45) is 5.92 Å². The number of hydrogen-bond acceptors (Lipinski definition) is 6. The highest BCUT2D eigenvalue weighted by molar-refractivity contribution is 9.10. The molecule has 2 aliphatic heterocycles. The Morgan fingerprint density at radius 2 is 1.94 bits per heavy atom. The second kappa shape index (κ2) is 7.44. The summed E-state index contributed by atoms with van der Waals surface area (Å²) in [5, 5.41) is 6.90. The lowest BCUT2D eigenvalue weighted by Gasteiger charge is -2.33. The summed E-state index contributed by atoms with van der Waals surface area (Å²) in [5.74, 6) is -0.341. The number of hydrazine groups is 1. The van der Waals surface area contributed by atoms with Gasteiger partial charge in [-0.2, -0.15) is 13.2 Å². The lowest BCUT2D eigenvalue weighted by molar-refractivity contribution is -0.141. The molecule has 3 atom stereocenters. The van der Waals surface area contributed by atoms with Gasteiger partial charge in [0.25, 0.3) is 5.91 Å². The van der Waals surface area contributed by atoms with Crippen LogP contribution in [-0.4, -0.2) is 23.6 Å². The number of thiophene rings is 1. The fraction of sp³-hybridized carbons (Fsp3) is 0.300. The van der Waals surface area contributed by atoms with Crippen molar-refractivity contribution in [1.29, 1.82) is 0 Å². The summed E-state index contributed by atoms with van der Waals surface area (Å²) in [6.45, 7) is 2.21. The molecular formula is C20H17BrF3N5OS. The minimum absolute atomic E-state index is 0.0315. The topological polar surface area (TPSA) is 78.1 Å². The van der Waals surface area contributed by atoms with Crippen molar-refractivity contribution in [3.8, 4) is 0 Å². The number of rotatable bonds is 2. The number of benzene rings is 1. The van der Waals surface area contributed by atoms with Crippen LogP contribution in [0.5, 0.6) is 0 Å². The van der Waals surface area contributed by atoms with Crippen molar-refractivity contribution in [3.05, 3.63) is 56.5 Å². The van der Waals surface area contributed by atoms with Crippen LogP contribution in [0.3, 0.4) is 0 Å². The first-order chi connectivity index (χ1) is 14.7. The average Bonchev–Trinajstić information content (AvgIpc) is 3.33. The summed E-state index contributed by atoms with van der Waals surface area (Å²) >= 11 is 4.41. The highest BCUT2D eigenvalue weighted by Crippen LogP contribution is 2.42. The molecule has 2 aromatic heterocycles. The van der Waals surface area contributed by atoms with Gasteiger partial charge in [-0.3, -0.25) is 10.2 Å². The van der Waals surface area contributed by atoms with Gasteiger partial charge in [0.2, 0.25) is 0 Å². The number of alkyl halides is 3. The molecule has 31 heavy (non-hydrogen) atoms. The molecule has 0 bridgehead atoms. The van der Waals surface area contributed by atoms with Gasteiger partial charge in [-0.1, -0.05) is 28.1 Å². The van der Waals surface area contributed by atoms with Crippen molar-refractivity contribution < 1.29 is 18.0 Å². The largest absolute Gasteiger partial charge is 0.433 e. The van der Waals surface area contributed by atoms with E-state index in [1.54, 1.807) is 6.92 Å². The predicted octanol–water partition coefficient (Wildman–Crippen LogP) is 4.33. The van der Waals surface area contributed by atoms with Gasteiger partial charge in [0.15, 0.2) is 0 Å². The van der Waals surface area contributed by atoms with Crippen LogP contribution in [0, 0.1) is 12.8 Å². The summed E-state index contributed by atoms with van der Waals surface area (Å²) in [4.78, 5) is 17.2. The molecule has 1 saturated heterocycles. The molecule has 3 unspecified atom stereocenters. The van der Waals surface area contributed by atoms with Crippen molar-refractivity contribution in [2.45, 2.75) is 25.3 Å². The van der Waals surface area contributed by atoms with Gasteiger partial charge >= 0.3 is 6.18 Å². The molecule has 11 heteroatoms. The molecule has 1 aromatic carbocycles. The summed E-state index contributed by atoms with van der Waals surface area (Å²) in [6.07, 6.45) is -4.95. The summed E-state index contributed by atoms with van der Waals surface area (Å²) < 4.78 is 40.5. The van der Waals surface area contributed by atoms with Crippen LogP contribution in [0.25, 0.3) is 10.2 Å². The van der Waals surface area contributed by atoms with Gasteiger partial charge in [0.05, 0.1) is 11.7 Å². The van der Waals surface area contributed by atoms with E-state index in [1.807, 2.05) is 24.3 Å². The Balaban J connectivity index is 1.52. The number of hydrogen-bond donors (Lipinski definition) is 4. The van der Waals surface area contributed by atoms with E-state index in [2.05, 4.69) is 42.4 Å². The zero-order chi connectivity index (χ0) is 21.9. The highest BCUT2D eigenvalue weighted by atomic mass is 79.9. The van der Waals surface area contributed by atoms with E-state index < -0.39 is 18.0 Å². The quantitative estimate of drug-likeness (QED) is 0.411. The molecule has 0 spiro atoms. The van der Waals surface area contributed by atoms with E-state index in [0.29, 0.717) is 28.1 Å². The van der Waals surface area contributed by atoms with Gasteiger partial charge in [-0.25, -0.2) is 10.4 Å². The number of anilines is 1. The summed E-state index contributed by atoms with van der Waals surface area (Å²) in [6, 6.07) is 8.89. The molecule has 3 aromatic rings. The van der Waals surface area contributed by atoms with Gasteiger partial charge in [0.1, 0.15) is 21.6 Å². The number of fused-ring (bicyclic) bond motifs is 3. The second-order valence-corrected chi connectivity index (χ2v) is 9.54. The molecule has 5 rings (SSSR count). The Morgan fingerprint density at radius 3 is 2.65 bits per heavy atom. The molecule has 162 valence electrons. The molecule has 6 nitrogen and oxygen atoms in total. The summed E-state index contributed by atoms with van der Waals surface area (Å²) in [7, 11) is 0. The SMILES string of the molecule is Cc1cc(C(F)(F)F)nc2sc3c(c12)NC(C1CNNC1c1ccc(Br)cc1)NC3=O. The first-order valence-electron chi connectivity index (χ1n) is 9.55. The number of carbonyl (C=O) groups excluding carboxylic acids is 1. The van der Waals surface area contributed by atoms with E-state index in [0.717, 1.165) is 27.4 Å². The number of amides is 1. The van der Waals surface area contributed by atoms with E-state index in [9.17, 15) is 18.0 Å². The number of carbonyl (C=O) groups is 1. The minimum atomic E-state index is -4.54. The van der Waals surface area contributed by atoms with E-state index in [4.69, 9.17) is 0 Å². The van der Waals surface area contributed by atoms with Crippen molar-refractivity contribution in [2.75, 3.05) is 11.9 Å². The Bertz CT molecular complexity index is 1180. The molecule has 2 aliphatic rings. The first-order valence-corrected chi connectivity index (χ1v) is 11.2. The zero-order valence-electron chi connectivity index (χ0n) is 16.1. The molecule has 1 amide bonds. The van der Waals surface area contributed by atoms with Gasteiger partial charge in [0, 0.05) is 22.3 Å². The Kier molecular flexibility index (Phi) is 4.96. The Morgan fingerprint density at radius 1 is 1.19 bits per heavy atom. The Hall–Kier alpha value is -2.21. The third kappa shape index (κ3) is 3.59. The van der Waals surface area contributed by atoms with Crippen LogP contribution < -0.4 is 21.5 Å². The number of nitrogens with one attached hydrogen (secondary N) is 4. The molecule has 0 aliphatic carbocycles. The standard InChI is InChI=1S/C20H17BrF3N5OS/c1-8-6-12(20(22,23)24)26-19-13(8)15-16(31-19)18(30)28-17(27-15)11-7-25-29-14(11)9-2-4-10(21)5-3-9/h2-6,11,14,17,25,27,29H,7H2,1H3,(H,28,30). The van der Waals surface area contributed by atoms with Crippen LogP contribution in [-0.2, 0) is 6.18 Å². The number of pyridine rings is 1. The van der Waals surface area contributed by atoms with E-state index in [1.165, 1.54) is 0 Å².